The van der Waals surface area contributed by atoms with Crippen molar-refractivity contribution in [2.45, 2.75) is 10.4 Å². The van der Waals surface area contributed by atoms with Crippen LogP contribution in [0.4, 0.5) is 0 Å². The van der Waals surface area contributed by atoms with Crippen molar-refractivity contribution in [1.82, 2.24) is 25.1 Å². The van der Waals surface area contributed by atoms with Gasteiger partial charge in [-0.3, -0.25) is 4.79 Å². The first kappa shape index (κ1) is 19.4. The molecule has 0 N–H and O–H groups in total. The summed E-state index contributed by atoms with van der Waals surface area (Å²) < 4.78 is 12.2. The summed E-state index contributed by atoms with van der Waals surface area (Å²) in [6.07, 6.45) is 0. The van der Waals surface area contributed by atoms with Crippen molar-refractivity contribution in [2.24, 2.45) is 0 Å². The Hall–Kier alpha value is -2.91. The molecule has 0 saturated carbocycles. The van der Waals surface area contributed by atoms with Crippen molar-refractivity contribution >= 4 is 17.7 Å². The zero-order chi connectivity index (χ0) is 20.1. The Morgan fingerprint density at radius 2 is 1.83 bits per heavy atom. The molecule has 2 aromatic carbocycles. The van der Waals surface area contributed by atoms with E-state index in [0.29, 0.717) is 31.5 Å². The van der Waals surface area contributed by atoms with Gasteiger partial charge in [0.2, 0.25) is 11.1 Å². The molecule has 150 valence electrons. The standard InChI is InChI=1S/C20H21N5O3S/c1-27-17-9-7-16(8-10-17)25-20(21-22-23-25)29-18(15-5-3-2-4-6-15)19(26)24-11-13-28-14-12-24/h2-10,18H,11-14H2,1H3/t18-/m0/s1. The normalized spacial score (nSPS) is 15.1. The highest BCUT2D eigenvalue weighted by molar-refractivity contribution is 8.00. The molecule has 1 atom stereocenters. The molecule has 1 aromatic heterocycles. The van der Waals surface area contributed by atoms with E-state index >= 15 is 0 Å². The van der Waals surface area contributed by atoms with E-state index in [0.717, 1.165) is 17.0 Å². The molecule has 0 unspecified atom stereocenters. The van der Waals surface area contributed by atoms with Crippen molar-refractivity contribution in [3.63, 3.8) is 0 Å². The lowest BCUT2D eigenvalue weighted by molar-refractivity contribution is -0.134. The minimum atomic E-state index is -0.447. The smallest absolute Gasteiger partial charge is 0.240 e. The van der Waals surface area contributed by atoms with Crippen LogP contribution in [0, 0.1) is 0 Å². The van der Waals surface area contributed by atoms with Gasteiger partial charge in [-0.1, -0.05) is 42.1 Å². The Balaban J connectivity index is 1.63. The summed E-state index contributed by atoms with van der Waals surface area (Å²) in [6.45, 7) is 2.29. The minimum Gasteiger partial charge on any atom is -0.497 e. The molecule has 8 nitrogen and oxygen atoms in total. The number of amides is 1. The van der Waals surface area contributed by atoms with Crippen LogP contribution in [-0.4, -0.2) is 64.4 Å². The molecule has 1 saturated heterocycles. The molecule has 2 heterocycles. The molecule has 1 aliphatic heterocycles. The lowest BCUT2D eigenvalue weighted by Gasteiger charge is -2.30. The summed E-state index contributed by atoms with van der Waals surface area (Å²) in [5.41, 5.74) is 1.71. The number of methoxy groups -OCH3 is 1. The van der Waals surface area contributed by atoms with Crippen molar-refractivity contribution < 1.29 is 14.3 Å². The van der Waals surface area contributed by atoms with Gasteiger partial charge in [0.1, 0.15) is 11.0 Å². The maximum absolute atomic E-state index is 13.3. The molecular formula is C20H21N5O3S. The number of morpholine rings is 1. The highest BCUT2D eigenvalue weighted by Gasteiger charge is 2.30. The lowest BCUT2D eigenvalue weighted by Crippen LogP contribution is -2.42. The van der Waals surface area contributed by atoms with Crippen LogP contribution in [0.3, 0.4) is 0 Å². The molecule has 0 radical (unpaired) electrons. The van der Waals surface area contributed by atoms with Gasteiger partial charge in [0.05, 0.1) is 26.0 Å². The fraction of sp³-hybridized carbons (Fsp3) is 0.300. The van der Waals surface area contributed by atoms with Crippen molar-refractivity contribution in [3.8, 4) is 11.4 Å². The van der Waals surface area contributed by atoms with Crippen molar-refractivity contribution in [3.05, 3.63) is 60.2 Å². The molecule has 4 rings (SSSR count). The molecular weight excluding hydrogens is 390 g/mol. The zero-order valence-electron chi connectivity index (χ0n) is 16.0. The number of rotatable bonds is 6. The monoisotopic (exact) mass is 411 g/mol. The number of carbonyl (C=O) groups is 1. The molecule has 1 amide bonds. The molecule has 29 heavy (non-hydrogen) atoms. The van der Waals surface area contributed by atoms with E-state index in [1.807, 2.05) is 59.5 Å². The summed E-state index contributed by atoms with van der Waals surface area (Å²) >= 11 is 1.35. The van der Waals surface area contributed by atoms with Gasteiger partial charge in [-0.05, 0) is 40.3 Å². The molecule has 3 aromatic rings. The van der Waals surface area contributed by atoms with E-state index in [2.05, 4.69) is 15.5 Å². The third kappa shape index (κ3) is 4.41. The van der Waals surface area contributed by atoms with E-state index in [9.17, 15) is 4.79 Å². The largest absolute Gasteiger partial charge is 0.497 e. The van der Waals surface area contributed by atoms with Crippen LogP contribution in [0.2, 0.25) is 0 Å². The third-order valence-corrected chi connectivity index (χ3v) is 5.81. The van der Waals surface area contributed by atoms with E-state index in [1.54, 1.807) is 11.8 Å². The summed E-state index contributed by atoms with van der Waals surface area (Å²) in [7, 11) is 1.62. The highest BCUT2D eigenvalue weighted by atomic mass is 32.2. The Morgan fingerprint density at radius 1 is 1.10 bits per heavy atom. The second-order valence-corrected chi connectivity index (χ2v) is 7.49. The van der Waals surface area contributed by atoms with Gasteiger partial charge < -0.3 is 14.4 Å². The number of aromatic nitrogens is 4. The van der Waals surface area contributed by atoms with Gasteiger partial charge in [-0.2, -0.15) is 4.68 Å². The molecule has 9 heteroatoms. The van der Waals surface area contributed by atoms with Crippen LogP contribution in [0.5, 0.6) is 5.75 Å². The van der Waals surface area contributed by atoms with Gasteiger partial charge in [0, 0.05) is 13.1 Å². The number of thioether (sulfide) groups is 1. The Morgan fingerprint density at radius 3 is 2.52 bits per heavy atom. The second-order valence-electron chi connectivity index (χ2n) is 6.42. The SMILES string of the molecule is COc1ccc(-n2nnnc2S[C@H](C(=O)N2CCOCC2)c2ccccc2)cc1. The number of ether oxygens (including phenoxy) is 2. The first-order chi connectivity index (χ1) is 14.3. The number of carbonyl (C=O) groups excluding carboxylic acids is 1. The van der Waals surface area contributed by atoms with E-state index < -0.39 is 5.25 Å². The minimum absolute atomic E-state index is 0.0359. The lowest BCUT2D eigenvalue weighted by atomic mass is 10.1. The Labute approximate surface area is 172 Å². The Bertz CT molecular complexity index is 942. The van der Waals surface area contributed by atoms with Gasteiger partial charge in [0.15, 0.2) is 0 Å². The van der Waals surface area contributed by atoms with Gasteiger partial charge in [0.25, 0.3) is 0 Å². The maximum atomic E-state index is 13.3. The molecule has 1 aliphatic rings. The number of benzene rings is 2. The molecule has 0 bridgehead atoms. The zero-order valence-corrected chi connectivity index (χ0v) is 16.8. The maximum Gasteiger partial charge on any atom is 0.240 e. The average Bonchev–Trinajstić information content (AvgIpc) is 3.26. The van der Waals surface area contributed by atoms with Gasteiger partial charge >= 0.3 is 0 Å². The van der Waals surface area contributed by atoms with Crippen LogP contribution in [0.25, 0.3) is 5.69 Å². The fourth-order valence-corrected chi connectivity index (χ4v) is 4.16. The molecule has 0 aliphatic carbocycles. The quantitative estimate of drug-likeness (QED) is 0.576. The fourth-order valence-electron chi connectivity index (χ4n) is 3.08. The first-order valence-corrected chi connectivity index (χ1v) is 10.1. The van der Waals surface area contributed by atoms with Crippen LogP contribution in [-0.2, 0) is 9.53 Å². The number of nitrogens with zero attached hydrogens (tertiary/aromatic N) is 5. The van der Waals surface area contributed by atoms with Crippen LogP contribution in [0.15, 0.2) is 59.8 Å². The summed E-state index contributed by atoms with van der Waals surface area (Å²) in [4.78, 5) is 15.2. The summed E-state index contributed by atoms with van der Waals surface area (Å²) in [5.74, 6) is 0.787. The van der Waals surface area contributed by atoms with E-state index in [1.165, 1.54) is 11.8 Å². The predicted molar refractivity (Wildman–Crippen MR) is 108 cm³/mol. The van der Waals surface area contributed by atoms with Crippen molar-refractivity contribution in [2.75, 3.05) is 33.4 Å². The second kappa shape index (κ2) is 9.06. The first-order valence-electron chi connectivity index (χ1n) is 9.27. The van der Waals surface area contributed by atoms with E-state index in [-0.39, 0.29) is 5.91 Å². The van der Waals surface area contributed by atoms with Crippen LogP contribution < -0.4 is 4.74 Å². The highest BCUT2D eigenvalue weighted by Crippen LogP contribution is 2.36. The van der Waals surface area contributed by atoms with Crippen LogP contribution >= 0.6 is 11.8 Å². The summed E-state index contributed by atoms with van der Waals surface area (Å²) in [6, 6.07) is 17.2. The van der Waals surface area contributed by atoms with Gasteiger partial charge in [-0.15, -0.1) is 5.10 Å². The number of tetrazole rings is 1. The molecule has 0 spiro atoms. The Kier molecular flexibility index (Phi) is 6.06. The predicted octanol–water partition coefficient (Wildman–Crippen LogP) is 2.36. The van der Waals surface area contributed by atoms with E-state index in [4.69, 9.17) is 9.47 Å². The number of hydrogen-bond donors (Lipinski definition) is 0. The van der Waals surface area contributed by atoms with Gasteiger partial charge in [-0.25, -0.2) is 0 Å². The number of hydrogen-bond acceptors (Lipinski definition) is 7. The summed E-state index contributed by atoms with van der Waals surface area (Å²) in [5, 5.41) is 12.2. The molecule has 1 fully saturated rings. The van der Waals surface area contributed by atoms with Crippen LogP contribution in [0.1, 0.15) is 10.8 Å². The average molecular weight is 411 g/mol. The topological polar surface area (TPSA) is 82.4 Å². The van der Waals surface area contributed by atoms with Crippen molar-refractivity contribution in [1.29, 1.82) is 0 Å². The third-order valence-electron chi connectivity index (χ3n) is 4.63.